The summed E-state index contributed by atoms with van der Waals surface area (Å²) in [6.07, 6.45) is 2.93. The van der Waals surface area contributed by atoms with Gasteiger partial charge in [-0.25, -0.2) is 9.59 Å². The predicted molar refractivity (Wildman–Crippen MR) is 65.6 cm³/mol. The molecule has 2 N–H and O–H groups in total. The molecule has 0 saturated heterocycles. The summed E-state index contributed by atoms with van der Waals surface area (Å²) in [4.78, 5) is 22.0. The lowest BCUT2D eigenvalue weighted by molar-refractivity contribution is -0.134. The smallest absolute Gasteiger partial charge is 0.330 e. The van der Waals surface area contributed by atoms with Gasteiger partial charge < -0.3 is 15.4 Å². The van der Waals surface area contributed by atoms with Crippen LogP contribution in [-0.4, -0.2) is 26.2 Å². The number of esters is 1. The second kappa shape index (κ2) is 6.32. The molecule has 2 amide bonds. The molecular weight excluding hydrogens is 220 g/mol. The van der Waals surface area contributed by atoms with Crippen LogP contribution in [0.3, 0.4) is 0 Å². The van der Waals surface area contributed by atoms with Gasteiger partial charge in [-0.05, 0) is 23.8 Å². The largest absolute Gasteiger partial charge is 0.466 e. The summed E-state index contributed by atoms with van der Waals surface area (Å²) in [5.74, 6) is -0.422. The second-order valence-electron chi connectivity index (χ2n) is 3.19. The lowest BCUT2D eigenvalue weighted by Crippen LogP contribution is -2.24. The molecule has 5 heteroatoms. The van der Waals surface area contributed by atoms with Crippen LogP contribution in [0.1, 0.15) is 5.56 Å². The fraction of sp³-hybridized carbons (Fsp3) is 0.167. The molecule has 0 atom stereocenters. The number of amides is 2. The number of rotatable bonds is 3. The van der Waals surface area contributed by atoms with Crippen molar-refractivity contribution in [3.63, 3.8) is 0 Å². The Bertz CT molecular complexity index is 441. The first-order chi connectivity index (χ1) is 8.15. The molecule has 0 spiro atoms. The van der Waals surface area contributed by atoms with Gasteiger partial charge in [-0.3, -0.25) is 0 Å². The minimum Gasteiger partial charge on any atom is -0.466 e. The maximum absolute atomic E-state index is 11.1. The summed E-state index contributed by atoms with van der Waals surface area (Å²) in [6.45, 7) is 0. The van der Waals surface area contributed by atoms with Crippen LogP contribution in [-0.2, 0) is 9.53 Å². The monoisotopic (exact) mass is 234 g/mol. The molecule has 1 aromatic rings. The fourth-order valence-electron chi connectivity index (χ4n) is 1.15. The highest BCUT2D eigenvalue weighted by molar-refractivity contribution is 5.90. The number of carbonyl (C=O) groups excluding carboxylic acids is 2. The average Bonchev–Trinajstić information content (AvgIpc) is 2.36. The van der Waals surface area contributed by atoms with Gasteiger partial charge in [0, 0.05) is 18.8 Å². The molecule has 0 aliphatic carbocycles. The quantitative estimate of drug-likeness (QED) is 0.617. The minimum absolute atomic E-state index is 0.293. The van der Waals surface area contributed by atoms with Crippen molar-refractivity contribution in [2.45, 2.75) is 0 Å². The third-order valence-electron chi connectivity index (χ3n) is 1.98. The Kier molecular flexibility index (Phi) is 4.75. The molecule has 0 bridgehead atoms. The van der Waals surface area contributed by atoms with E-state index in [0.29, 0.717) is 5.69 Å². The van der Waals surface area contributed by atoms with E-state index in [2.05, 4.69) is 15.4 Å². The number of hydrogen-bond acceptors (Lipinski definition) is 3. The van der Waals surface area contributed by atoms with Crippen molar-refractivity contribution >= 4 is 23.8 Å². The molecule has 0 saturated carbocycles. The zero-order valence-electron chi connectivity index (χ0n) is 9.69. The van der Waals surface area contributed by atoms with E-state index < -0.39 is 5.97 Å². The molecule has 0 heterocycles. The highest BCUT2D eigenvalue weighted by Crippen LogP contribution is 2.11. The summed E-state index contributed by atoms with van der Waals surface area (Å²) in [6, 6.07) is 6.80. The Morgan fingerprint density at radius 3 is 2.76 bits per heavy atom. The minimum atomic E-state index is -0.422. The third-order valence-corrected chi connectivity index (χ3v) is 1.98. The van der Waals surface area contributed by atoms with Gasteiger partial charge in [0.1, 0.15) is 0 Å². The molecule has 90 valence electrons. The Morgan fingerprint density at radius 1 is 1.35 bits per heavy atom. The van der Waals surface area contributed by atoms with Crippen molar-refractivity contribution < 1.29 is 14.3 Å². The van der Waals surface area contributed by atoms with Crippen LogP contribution >= 0.6 is 0 Å². The molecule has 5 nitrogen and oxygen atoms in total. The Hall–Kier alpha value is -2.30. The molecule has 0 fully saturated rings. The van der Waals surface area contributed by atoms with E-state index in [9.17, 15) is 9.59 Å². The lowest BCUT2D eigenvalue weighted by atomic mass is 10.2. The van der Waals surface area contributed by atoms with E-state index in [1.165, 1.54) is 20.2 Å². The third kappa shape index (κ3) is 4.38. The van der Waals surface area contributed by atoms with E-state index in [-0.39, 0.29) is 6.03 Å². The second-order valence-corrected chi connectivity index (χ2v) is 3.19. The number of anilines is 1. The maximum atomic E-state index is 11.1. The zero-order valence-corrected chi connectivity index (χ0v) is 9.69. The van der Waals surface area contributed by atoms with E-state index in [4.69, 9.17) is 0 Å². The molecule has 0 aliphatic heterocycles. The fourth-order valence-corrected chi connectivity index (χ4v) is 1.15. The molecule has 0 radical (unpaired) electrons. The van der Waals surface area contributed by atoms with Gasteiger partial charge >= 0.3 is 12.0 Å². The molecule has 1 aromatic carbocycles. The van der Waals surface area contributed by atoms with Gasteiger partial charge in [-0.1, -0.05) is 12.1 Å². The number of methoxy groups -OCH3 is 1. The number of urea groups is 1. The topological polar surface area (TPSA) is 67.4 Å². The van der Waals surface area contributed by atoms with Gasteiger partial charge in [0.15, 0.2) is 0 Å². The summed E-state index contributed by atoms with van der Waals surface area (Å²) >= 11 is 0. The van der Waals surface area contributed by atoms with Gasteiger partial charge in [0.2, 0.25) is 0 Å². The Labute approximate surface area is 99.5 Å². The van der Waals surface area contributed by atoms with E-state index in [1.807, 2.05) is 6.07 Å². The van der Waals surface area contributed by atoms with Crippen molar-refractivity contribution in [2.24, 2.45) is 0 Å². The van der Waals surface area contributed by atoms with Crippen LogP contribution in [0.2, 0.25) is 0 Å². The molecule has 1 rings (SSSR count). The van der Waals surface area contributed by atoms with E-state index in [0.717, 1.165) is 5.56 Å². The van der Waals surface area contributed by atoms with Crippen molar-refractivity contribution in [1.29, 1.82) is 0 Å². The first-order valence-corrected chi connectivity index (χ1v) is 5.00. The number of nitrogens with one attached hydrogen (secondary N) is 2. The molecule has 0 unspecified atom stereocenters. The highest BCUT2D eigenvalue weighted by Gasteiger charge is 1.98. The van der Waals surface area contributed by atoms with Crippen LogP contribution < -0.4 is 10.6 Å². The van der Waals surface area contributed by atoms with Crippen LogP contribution in [0.15, 0.2) is 30.3 Å². The lowest BCUT2D eigenvalue weighted by Gasteiger charge is -2.04. The summed E-state index contributed by atoms with van der Waals surface area (Å²) in [7, 11) is 2.85. The maximum Gasteiger partial charge on any atom is 0.330 e. The van der Waals surface area contributed by atoms with Crippen LogP contribution in [0.4, 0.5) is 10.5 Å². The normalized spacial score (nSPS) is 10.0. The number of benzene rings is 1. The van der Waals surface area contributed by atoms with Gasteiger partial charge in [-0.15, -0.1) is 0 Å². The highest BCUT2D eigenvalue weighted by atomic mass is 16.5. The van der Waals surface area contributed by atoms with Crippen LogP contribution in [0.5, 0.6) is 0 Å². The van der Waals surface area contributed by atoms with Gasteiger partial charge in [-0.2, -0.15) is 0 Å². The first-order valence-electron chi connectivity index (χ1n) is 5.00. The molecule has 17 heavy (non-hydrogen) atoms. The van der Waals surface area contributed by atoms with Crippen molar-refractivity contribution in [1.82, 2.24) is 5.32 Å². The Balaban J connectivity index is 2.75. The Morgan fingerprint density at radius 2 is 2.12 bits per heavy atom. The van der Waals surface area contributed by atoms with Gasteiger partial charge in [0.25, 0.3) is 0 Å². The van der Waals surface area contributed by atoms with Crippen molar-refractivity contribution in [2.75, 3.05) is 19.5 Å². The first kappa shape index (κ1) is 12.8. The van der Waals surface area contributed by atoms with Gasteiger partial charge in [0.05, 0.1) is 7.11 Å². The number of ether oxygens (including phenoxy) is 1. The molecule has 0 aromatic heterocycles. The van der Waals surface area contributed by atoms with Crippen molar-refractivity contribution in [3.8, 4) is 0 Å². The zero-order chi connectivity index (χ0) is 12.7. The van der Waals surface area contributed by atoms with Crippen LogP contribution in [0, 0.1) is 0 Å². The molecule has 0 aliphatic rings. The summed E-state index contributed by atoms with van der Waals surface area (Å²) in [5.41, 5.74) is 1.45. The van der Waals surface area contributed by atoms with Crippen LogP contribution in [0.25, 0.3) is 6.08 Å². The average molecular weight is 234 g/mol. The van der Waals surface area contributed by atoms with E-state index in [1.54, 1.807) is 24.3 Å². The summed E-state index contributed by atoms with van der Waals surface area (Å²) < 4.78 is 4.48. The SMILES string of the molecule is CNC(=O)Nc1cccc(/C=C/C(=O)OC)c1. The summed E-state index contributed by atoms with van der Waals surface area (Å²) in [5, 5.41) is 5.08. The molecular formula is C12H14N2O3. The number of hydrogen-bond donors (Lipinski definition) is 2. The van der Waals surface area contributed by atoms with E-state index >= 15 is 0 Å². The predicted octanol–water partition coefficient (Wildman–Crippen LogP) is 1.62. The standard InChI is InChI=1S/C12H14N2O3/c1-13-12(16)14-10-5-3-4-9(8-10)6-7-11(15)17-2/h3-8H,1-2H3,(H2,13,14,16)/b7-6+. The van der Waals surface area contributed by atoms with Crippen molar-refractivity contribution in [3.05, 3.63) is 35.9 Å². The number of carbonyl (C=O) groups is 2.